The van der Waals surface area contributed by atoms with Crippen molar-refractivity contribution in [1.29, 1.82) is 0 Å². The van der Waals surface area contributed by atoms with Crippen molar-refractivity contribution in [3.8, 4) is 0 Å². The topological polar surface area (TPSA) is 34.9 Å². The summed E-state index contributed by atoms with van der Waals surface area (Å²) in [7, 11) is 0. The first-order valence-corrected chi connectivity index (χ1v) is 6.60. The molecule has 0 radical (unpaired) electrons. The van der Waals surface area contributed by atoms with Crippen LogP contribution in [0, 0.1) is 0 Å². The Hall–Kier alpha value is -2.68. The third kappa shape index (κ3) is 1.53. The highest BCUT2D eigenvalue weighted by atomic mass is 16.1. The van der Waals surface area contributed by atoms with Crippen LogP contribution in [0.1, 0.15) is 16.2 Å². The molecule has 4 rings (SSSR count). The molecular formula is C17H12N2O. The maximum Gasteiger partial charge on any atom is 0.196 e. The van der Waals surface area contributed by atoms with Gasteiger partial charge in [-0.25, -0.2) is 4.98 Å². The fourth-order valence-corrected chi connectivity index (χ4v) is 2.68. The van der Waals surface area contributed by atoms with Crippen LogP contribution < -0.4 is 0 Å². The molecule has 0 N–H and O–H groups in total. The second kappa shape index (κ2) is 4.17. The maximum atomic E-state index is 12.6. The first kappa shape index (κ1) is 11.2. The minimum absolute atomic E-state index is 0.0413. The van der Waals surface area contributed by atoms with Gasteiger partial charge in [0.25, 0.3) is 0 Å². The maximum absolute atomic E-state index is 12.6. The SMILES string of the molecule is O=C(C1=CCn2c1nc1ccccc12)c1ccccc1. The van der Waals surface area contributed by atoms with E-state index in [0.29, 0.717) is 17.7 Å². The van der Waals surface area contributed by atoms with Gasteiger partial charge in [0.2, 0.25) is 0 Å². The van der Waals surface area contributed by atoms with E-state index in [4.69, 9.17) is 0 Å². The number of imidazole rings is 1. The van der Waals surface area contributed by atoms with E-state index in [2.05, 4.69) is 9.55 Å². The number of ketones is 1. The lowest BCUT2D eigenvalue weighted by molar-refractivity contribution is 0.105. The van der Waals surface area contributed by atoms with E-state index in [0.717, 1.165) is 16.9 Å². The van der Waals surface area contributed by atoms with Gasteiger partial charge < -0.3 is 4.57 Å². The van der Waals surface area contributed by atoms with Gasteiger partial charge >= 0.3 is 0 Å². The Labute approximate surface area is 116 Å². The molecule has 1 aliphatic rings. The molecule has 2 aromatic carbocycles. The quantitative estimate of drug-likeness (QED) is 0.662. The number of aromatic nitrogens is 2. The number of para-hydroxylation sites is 2. The standard InChI is InChI=1S/C17H12N2O/c20-16(12-6-2-1-3-7-12)13-10-11-19-15-9-5-4-8-14(15)18-17(13)19/h1-10H,11H2. The first-order valence-electron chi connectivity index (χ1n) is 6.60. The van der Waals surface area contributed by atoms with Crippen molar-refractivity contribution >= 4 is 22.4 Å². The van der Waals surface area contributed by atoms with Crippen LogP contribution in [0.3, 0.4) is 0 Å². The van der Waals surface area contributed by atoms with Crippen LogP contribution in [0.25, 0.3) is 16.6 Å². The molecule has 0 bridgehead atoms. The van der Waals surface area contributed by atoms with E-state index in [1.54, 1.807) is 0 Å². The lowest BCUT2D eigenvalue weighted by atomic mass is 10.0. The monoisotopic (exact) mass is 260 g/mol. The van der Waals surface area contributed by atoms with Crippen LogP contribution in [-0.2, 0) is 6.54 Å². The van der Waals surface area contributed by atoms with E-state index < -0.39 is 0 Å². The largest absolute Gasteiger partial charge is 0.320 e. The molecular weight excluding hydrogens is 248 g/mol. The molecule has 0 spiro atoms. The third-order valence-electron chi connectivity index (χ3n) is 3.65. The van der Waals surface area contributed by atoms with Gasteiger partial charge in [0, 0.05) is 12.1 Å². The Bertz CT molecular complexity index is 844. The highest BCUT2D eigenvalue weighted by molar-refractivity contribution is 6.29. The number of nitrogens with zero attached hydrogens (tertiary/aromatic N) is 2. The summed E-state index contributed by atoms with van der Waals surface area (Å²) in [6.07, 6.45) is 1.96. The van der Waals surface area contributed by atoms with Gasteiger partial charge in [0.15, 0.2) is 5.78 Å². The van der Waals surface area contributed by atoms with Gasteiger partial charge in [-0.1, -0.05) is 42.5 Å². The Morgan fingerprint density at radius 3 is 2.60 bits per heavy atom. The zero-order valence-corrected chi connectivity index (χ0v) is 10.8. The van der Waals surface area contributed by atoms with Crippen molar-refractivity contribution in [1.82, 2.24) is 9.55 Å². The highest BCUT2D eigenvalue weighted by Crippen LogP contribution is 2.29. The number of fused-ring (bicyclic) bond motifs is 3. The van der Waals surface area contributed by atoms with E-state index >= 15 is 0 Å². The van der Waals surface area contributed by atoms with E-state index in [-0.39, 0.29) is 5.78 Å². The van der Waals surface area contributed by atoms with Crippen LogP contribution in [0.2, 0.25) is 0 Å². The number of rotatable bonds is 2. The van der Waals surface area contributed by atoms with Crippen LogP contribution in [0.4, 0.5) is 0 Å². The van der Waals surface area contributed by atoms with Gasteiger partial charge in [-0.3, -0.25) is 4.79 Å². The van der Waals surface area contributed by atoms with Crippen molar-refractivity contribution in [2.24, 2.45) is 0 Å². The molecule has 1 aliphatic heterocycles. The molecule has 1 aromatic heterocycles. The van der Waals surface area contributed by atoms with Crippen LogP contribution in [0.5, 0.6) is 0 Å². The van der Waals surface area contributed by atoms with Gasteiger partial charge in [-0.05, 0) is 18.2 Å². The van der Waals surface area contributed by atoms with E-state index in [1.165, 1.54) is 0 Å². The molecule has 0 unspecified atom stereocenters. The summed E-state index contributed by atoms with van der Waals surface area (Å²) in [5.74, 6) is 0.819. The van der Waals surface area contributed by atoms with Crippen LogP contribution in [0.15, 0.2) is 60.7 Å². The predicted octanol–water partition coefficient (Wildman–Crippen LogP) is 3.32. The summed E-state index contributed by atoms with van der Waals surface area (Å²) in [6.45, 7) is 0.712. The van der Waals surface area contributed by atoms with Crippen molar-refractivity contribution in [3.05, 3.63) is 72.1 Å². The highest BCUT2D eigenvalue weighted by Gasteiger charge is 2.24. The number of hydrogen-bond donors (Lipinski definition) is 0. The number of Topliss-reactive ketones (excluding diaryl/α,β-unsaturated/α-hetero) is 1. The van der Waals surface area contributed by atoms with E-state index in [9.17, 15) is 4.79 Å². The van der Waals surface area contributed by atoms with Gasteiger partial charge in [0.1, 0.15) is 5.82 Å². The predicted molar refractivity (Wildman–Crippen MR) is 78.5 cm³/mol. The molecule has 0 saturated carbocycles. The Morgan fingerprint density at radius 1 is 1.00 bits per heavy atom. The molecule has 0 saturated heterocycles. The zero-order valence-electron chi connectivity index (χ0n) is 10.8. The fourth-order valence-electron chi connectivity index (χ4n) is 2.68. The first-order chi connectivity index (χ1) is 9.84. The van der Waals surface area contributed by atoms with Crippen molar-refractivity contribution in [3.63, 3.8) is 0 Å². The minimum Gasteiger partial charge on any atom is -0.320 e. The summed E-state index contributed by atoms with van der Waals surface area (Å²) in [6, 6.07) is 17.3. The molecule has 96 valence electrons. The smallest absolute Gasteiger partial charge is 0.196 e. The number of allylic oxidation sites excluding steroid dienone is 2. The summed E-state index contributed by atoms with van der Waals surface area (Å²) in [5, 5.41) is 0. The molecule has 0 amide bonds. The number of carbonyl (C=O) groups is 1. The number of hydrogen-bond acceptors (Lipinski definition) is 2. The molecule has 2 heterocycles. The molecule has 0 fully saturated rings. The normalized spacial score (nSPS) is 13.3. The van der Waals surface area contributed by atoms with Crippen molar-refractivity contribution in [2.45, 2.75) is 6.54 Å². The summed E-state index contributed by atoms with van der Waals surface area (Å²) in [4.78, 5) is 17.2. The average molecular weight is 260 g/mol. The molecule has 20 heavy (non-hydrogen) atoms. The van der Waals surface area contributed by atoms with Crippen LogP contribution >= 0.6 is 0 Å². The van der Waals surface area contributed by atoms with Gasteiger partial charge in [-0.15, -0.1) is 0 Å². The Morgan fingerprint density at radius 2 is 1.75 bits per heavy atom. The summed E-state index contributed by atoms with van der Waals surface area (Å²) < 4.78 is 2.09. The number of benzene rings is 2. The second-order valence-corrected chi connectivity index (χ2v) is 4.85. The second-order valence-electron chi connectivity index (χ2n) is 4.85. The lowest BCUT2D eigenvalue weighted by Crippen LogP contribution is -2.03. The summed E-state index contributed by atoms with van der Waals surface area (Å²) >= 11 is 0. The Balaban J connectivity index is 1.83. The molecule has 3 nitrogen and oxygen atoms in total. The Kier molecular flexibility index (Phi) is 2.33. The molecule has 0 atom stereocenters. The minimum atomic E-state index is 0.0413. The zero-order chi connectivity index (χ0) is 13.5. The molecule has 3 heteroatoms. The number of carbonyl (C=O) groups excluding carboxylic acids is 1. The van der Waals surface area contributed by atoms with Crippen molar-refractivity contribution in [2.75, 3.05) is 0 Å². The van der Waals surface area contributed by atoms with Gasteiger partial charge in [-0.2, -0.15) is 0 Å². The van der Waals surface area contributed by atoms with Crippen LogP contribution in [-0.4, -0.2) is 15.3 Å². The average Bonchev–Trinajstić information content (AvgIpc) is 3.06. The third-order valence-corrected chi connectivity index (χ3v) is 3.65. The summed E-state index contributed by atoms with van der Waals surface area (Å²) in [5.41, 5.74) is 3.43. The molecule has 3 aromatic rings. The lowest BCUT2D eigenvalue weighted by Gasteiger charge is -2.01. The van der Waals surface area contributed by atoms with Crippen molar-refractivity contribution < 1.29 is 4.79 Å². The fraction of sp³-hybridized carbons (Fsp3) is 0.0588. The van der Waals surface area contributed by atoms with E-state index in [1.807, 2.05) is 60.7 Å². The molecule has 0 aliphatic carbocycles. The van der Waals surface area contributed by atoms with Gasteiger partial charge in [0.05, 0.1) is 16.6 Å².